The largest absolute Gasteiger partial charge is 0.268 e. The Labute approximate surface area is 173 Å². The molecule has 2 amide bonds. The molecular formula is C21H11ClF2N4O2. The lowest BCUT2D eigenvalue weighted by Gasteiger charge is -2.15. The normalized spacial score (nSPS) is 13.4. The van der Waals surface area contributed by atoms with Crippen LogP contribution >= 0.6 is 11.6 Å². The van der Waals surface area contributed by atoms with E-state index in [2.05, 4.69) is 10.1 Å². The molecule has 3 heterocycles. The maximum absolute atomic E-state index is 13.7. The summed E-state index contributed by atoms with van der Waals surface area (Å²) in [5.41, 5.74) is 1.45. The number of pyridine rings is 1. The number of hydrogen-bond donors (Lipinski definition) is 0. The van der Waals surface area contributed by atoms with E-state index in [1.165, 1.54) is 16.9 Å². The van der Waals surface area contributed by atoms with Gasteiger partial charge in [-0.25, -0.2) is 23.3 Å². The number of halogens is 3. The molecule has 9 heteroatoms. The number of carbonyl (C=O) groups excluding carboxylic acids is 2. The molecule has 1 aliphatic heterocycles. The minimum Gasteiger partial charge on any atom is -0.268 e. The van der Waals surface area contributed by atoms with E-state index in [1.807, 2.05) is 0 Å². The second-order valence-electron chi connectivity index (χ2n) is 6.74. The highest BCUT2D eigenvalue weighted by atomic mass is 35.5. The molecular weight excluding hydrogens is 414 g/mol. The number of fused-ring (bicyclic) bond motifs is 3. The molecule has 2 aromatic heterocycles. The summed E-state index contributed by atoms with van der Waals surface area (Å²) in [6.45, 7) is 1.65. The Morgan fingerprint density at radius 3 is 2.50 bits per heavy atom. The van der Waals surface area contributed by atoms with Crippen LogP contribution in [0.1, 0.15) is 26.4 Å². The molecule has 6 nitrogen and oxygen atoms in total. The lowest BCUT2D eigenvalue weighted by molar-refractivity contribution is 0.0926. The summed E-state index contributed by atoms with van der Waals surface area (Å²) in [6.07, 6.45) is 1.28. The van der Waals surface area contributed by atoms with E-state index in [-0.39, 0.29) is 33.2 Å². The van der Waals surface area contributed by atoms with Crippen LogP contribution in [-0.4, -0.2) is 26.6 Å². The van der Waals surface area contributed by atoms with Crippen LogP contribution in [0.2, 0.25) is 5.02 Å². The highest BCUT2D eigenvalue weighted by molar-refractivity contribution is 6.41. The van der Waals surface area contributed by atoms with Crippen molar-refractivity contribution in [1.29, 1.82) is 0 Å². The van der Waals surface area contributed by atoms with Gasteiger partial charge in [-0.1, -0.05) is 23.7 Å². The van der Waals surface area contributed by atoms with E-state index >= 15 is 0 Å². The van der Waals surface area contributed by atoms with Gasteiger partial charge < -0.3 is 0 Å². The summed E-state index contributed by atoms with van der Waals surface area (Å²) in [6, 6.07) is 9.84. The molecule has 148 valence electrons. The van der Waals surface area contributed by atoms with Crippen LogP contribution in [0.25, 0.3) is 16.7 Å². The van der Waals surface area contributed by atoms with E-state index in [4.69, 9.17) is 11.6 Å². The molecule has 30 heavy (non-hydrogen) atoms. The van der Waals surface area contributed by atoms with Crippen molar-refractivity contribution in [2.24, 2.45) is 0 Å². The van der Waals surface area contributed by atoms with E-state index in [0.717, 1.165) is 17.0 Å². The number of para-hydroxylation sites is 1. The van der Waals surface area contributed by atoms with Crippen LogP contribution < -0.4 is 4.90 Å². The number of hydrogen-bond acceptors (Lipinski definition) is 4. The van der Waals surface area contributed by atoms with Crippen molar-refractivity contribution in [3.05, 3.63) is 82.1 Å². The van der Waals surface area contributed by atoms with Gasteiger partial charge in [0.2, 0.25) is 0 Å². The molecule has 1 aliphatic rings. The number of rotatable bonds is 2. The topological polar surface area (TPSA) is 68.1 Å². The molecule has 0 N–H and O–H groups in total. The van der Waals surface area contributed by atoms with Crippen molar-refractivity contribution in [3.8, 4) is 5.69 Å². The van der Waals surface area contributed by atoms with Gasteiger partial charge >= 0.3 is 0 Å². The van der Waals surface area contributed by atoms with Gasteiger partial charge in [-0.3, -0.25) is 9.59 Å². The third-order valence-electron chi connectivity index (χ3n) is 4.96. The molecule has 0 aliphatic carbocycles. The molecule has 2 aromatic carbocycles. The Hall–Kier alpha value is -3.65. The van der Waals surface area contributed by atoms with Gasteiger partial charge in [0.1, 0.15) is 0 Å². The zero-order valence-electron chi connectivity index (χ0n) is 15.4. The van der Waals surface area contributed by atoms with Crippen molar-refractivity contribution < 1.29 is 18.4 Å². The molecule has 0 spiro atoms. The molecule has 0 radical (unpaired) electrons. The first-order valence-electron chi connectivity index (χ1n) is 8.85. The summed E-state index contributed by atoms with van der Waals surface area (Å²) in [4.78, 5) is 31.5. The first-order chi connectivity index (χ1) is 14.4. The summed E-state index contributed by atoms with van der Waals surface area (Å²) in [5.74, 6) is -3.12. The van der Waals surface area contributed by atoms with E-state index in [9.17, 15) is 18.4 Å². The number of anilines is 1. The molecule has 0 saturated heterocycles. The molecule has 4 aromatic rings. The number of carbonyl (C=O) groups is 2. The Kier molecular flexibility index (Phi) is 3.94. The lowest BCUT2D eigenvalue weighted by atomic mass is 10.1. The maximum atomic E-state index is 13.7. The fourth-order valence-corrected chi connectivity index (χ4v) is 3.83. The van der Waals surface area contributed by atoms with Crippen LogP contribution in [0.15, 0.2) is 48.7 Å². The van der Waals surface area contributed by atoms with Crippen molar-refractivity contribution in [1.82, 2.24) is 14.8 Å². The third kappa shape index (κ3) is 2.47. The number of aryl methyl sites for hydroxylation is 1. The average molecular weight is 425 g/mol. The van der Waals surface area contributed by atoms with Crippen molar-refractivity contribution in [3.63, 3.8) is 0 Å². The Balaban J connectivity index is 1.73. The monoisotopic (exact) mass is 424 g/mol. The van der Waals surface area contributed by atoms with E-state index in [0.29, 0.717) is 11.1 Å². The van der Waals surface area contributed by atoms with Gasteiger partial charge in [-0.05, 0) is 31.2 Å². The molecule has 0 fully saturated rings. The molecule has 0 saturated carbocycles. The minimum absolute atomic E-state index is 0.125. The molecule has 0 bridgehead atoms. The van der Waals surface area contributed by atoms with Crippen LogP contribution in [0.5, 0.6) is 0 Å². The maximum Gasteiger partial charge on any atom is 0.267 e. The third-order valence-corrected chi connectivity index (χ3v) is 5.28. The van der Waals surface area contributed by atoms with Crippen molar-refractivity contribution in [2.75, 3.05) is 4.90 Å². The van der Waals surface area contributed by atoms with E-state index < -0.39 is 23.4 Å². The van der Waals surface area contributed by atoms with Gasteiger partial charge in [-0.2, -0.15) is 5.10 Å². The zero-order valence-corrected chi connectivity index (χ0v) is 16.1. The van der Waals surface area contributed by atoms with Gasteiger partial charge in [0.05, 0.1) is 38.6 Å². The first kappa shape index (κ1) is 18.4. The molecule has 0 atom stereocenters. The minimum atomic E-state index is -1.04. The number of imide groups is 1. The lowest BCUT2D eigenvalue weighted by Crippen LogP contribution is -2.29. The molecule has 5 rings (SSSR count). The van der Waals surface area contributed by atoms with Crippen molar-refractivity contribution >= 4 is 40.1 Å². The van der Waals surface area contributed by atoms with Crippen LogP contribution in [0, 0.1) is 18.6 Å². The smallest absolute Gasteiger partial charge is 0.267 e. The highest BCUT2D eigenvalue weighted by Crippen LogP contribution is 2.37. The van der Waals surface area contributed by atoms with Gasteiger partial charge in [0, 0.05) is 12.3 Å². The summed E-state index contributed by atoms with van der Waals surface area (Å²) in [7, 11) is 0. The fourth-order valence-electron chi connectivity index (χ4n) is 3.61. The number of benzene rings is 2. The Morgan fingerprint density at radius 1 is 1.00 bits per heavy atom. The number of nitrogens with zero attached hydrogens (tertiary/aromatic N) is 4. The predicted octanol–water partition coefficient (Wildman–Crippen LogP) is 4.46. The number of aromatic nitrogens is 3. The van der Waals surface area contributed by atoms with E-state index in [1.54, 1.807) is 31.2 Å². The fraction of sp³-hybridized carbons (Fsp3) is 0.0476. The zero-order chi connectivity index (χ0) is 21.2. The second kappa shape index (κ2) is 6.43. The average Bonchev–Trinajstić information content (AvgIpc) is 3.19. The summed E-state index contributed by atoms with van der Waals surface area (Å²) < 4.78 is 28.4. The summed E-state index contributed by atoms with van der Waals surface area (Å²) in [5, 5.41) is 4.96. The second-order valence-corrected chi connectivity index (χ2v) is 7.15. The number of amides is 2. The van der Waals surface area contributed by atoms with Crippen molar-refractivity contribution in [2.45, 2.75) is 6.92 Å². The predicted molar refractivity (Wildman–Crippen MR) is 106 cm³/mol. The Morgan fingerprint density at radius 2 is 1.77 bits per heavy atom. The SMILES string of the molecule is Cc1nn(-c2ccc(F)c(F)c2)c2ncc3c(c12)C(=O)N(c1ccccc1Cl)C3=O. The van der Waals surface area contributed by atoms with Gasteiger partial charge in [0.15, 0.2) is 17.3 Å². The highest BCUT2D eigenvalue weighted by Gasteiger charge is 2.40. The first-order valence-corrected chi connectivity index (χ1v) is 9.23. The van der Waals surface area contributed by atoms with Crippen LogP contribution in [0.4, 0.5) is 14.5 Å². The van der Waals surface area contributed by atoms with Gasteiger partial charge in [0.25, 0.3) is 11.8 Å². The Bertz CT molecular complexity index is 1400. The van der Waals surface area contributed by atoms with Gasteiger partial charge in [-0.15, -0.1) is 0 Å². The standard InChI is InChI=1S/C21H11ClF2N4O2/c1-10-17-18-12(20(29)27(21(18)30)16-5-3-2-4-13(16)22)9-25-19(17)28(26-10)11-6-7-14(23)15(24)8-11/h2-9H,1H3. The quantitative estimate of drug-likeness (QED) is 0.445. The van der Waals surface area contributed by atoms with Crippen LogP contribution in [0.3, 0.4) is 0 Å². The van der Waals surface area contributed by atoms with Crippen LogP contribution in [-0.2, 0) is 0 Å². The molecule has 0 unspecified atom stereocenters. The summed E-state index contributed by atoms with van der Waals surface area (Å²) >= 11 is 6.19.